The van der Waals surface area contributed by atoms with Gasteiger partial charge < -0.3 is 9.84 Å². The molecule has 0 aliphatic carbocycles. The highest BCUT2D eigenvalue weighted by Gasteiger charge is 2.44. The molecular weight excluding hydrogens is 252 g/mol. The summed E-state index contributed by atoms with van der Waals surface area (Å²) in [7, 11) is 0. The number of aliphatic hydroxyl groups is 1. The van der Waals surface area contributed by atoms with Gasteiger partial charge in [-0.2, -0.15) is 0 Å². The molecule has 2 aliphatic heterocycles. The Bertz CT molecular complexity index is 434. The number of carbonyl (C=O) groups is 2. The van der Waals surface area contributed by atoms with E-state index in [-0.39, 0.29) is 24.3 Å². The van der Waals surface area contributed by atoms with Crippen LogP contribution >= 0.6 is 0 Å². The van der Waals surface area contributed by atoms with Crippen LogP contribution in [-0.2, 0) is 14.3 Å². The van der Waals surface area contributed by atoms with E-state index in [1.165, 1.54) is 0 Å². The van der Waals surface area contributed by atoms with Crippen molar-refractivity contribution < 1.29 is 19.4 Å². The normalized spacial score (nSPS) is 38.7. The molecule has 2 saturated heterocycles. The lowest BCUT2D eigenvalue weighted by Gasteiger charge is -2.29. The van der Waals surface area contributed by atoms with Gasteiger partial charge in [0.05, 0.1) is 30.8 Å². The lowest BCUT2D eigenvalue weighted by Crippen LogP contribution is -2.49. The Hall–Kier alpha value is -1.63. The largest absolute Gasteiger partial charge is 0.394 e. The third kappa shape index (κ3) is 2.70. The molecular formula is C11H16N4O4. The van der Waals surface area contributed by atoms with Gasteiger partial charge in [0.1, 0.15) is 0 Å². The molecule has 19 heavy (non-hydrogen) atoms. The first-order valence-corrected chi connectivity index (χ1v) is 6.22. The van der Waals surface area contributed by atoms with Crippen LogP contribution in [0.2, 0.25) is 0 Å². The molecule has 0 aromatic rings. The number of carbonyl (C=O) groups excluding carboxylic acids is 2. The molecule has 2 amide bonds. The van der Waals surface area contributed by atoms with Crippen LogP contribution in [0.25, 0.3) is 10.4 Å². The smallest absolute Gasteiger partial charge is 0.232 e. The maximum absolute atomic E-state index is 11.8. The third-order valence-electron chi connectivity index (χ3n) is 3.72. The van der Waals surface area contributed by atoms with Crippen LogP contribution in [0.3, 0.4) is 0 Å². The second kappa shape index (κ2) is 5.56. The van der Waals surface area contributed by atoms with Crippen molar-refractivity contribution in [3.63, 3.8) is 0 Å². The van der Waals surface area contributed by atoms with Crippen LogP contribution in [0.5, 0.6) is 0 Å². The fraction of sp³-hybridized carbons (Fsp3) is 0.818. The molecule has 8 heteroatoms. The second-order valence-electron chi connectivity index (χ2n) is 5.00. The first-order chi connectivity index (χ1) is 9.06. The first kappa shape index (κ1) is 13.8. The third-order valence-corrected chi connectivity index (χ3v) is 3.72. The topological polar surface area (TPSA) is 124 Å². The van der Waals surface area contributed by atoms with E-state index in [2.05, 4.69) is 15.3 Å². The van der Waals surface area contributed by atoms with Crippen molar-refractivity contribution in [2.75, 3.05) is 6.61 Å². The van der Waals surface area contributed by atoms with Crippen molar-refractivity contribution in [3.05, 3.63) is 10.4 Å². The van der Waals surface area contributed by atoms with E-state index in [0.29, 0.717) is 12.8 Å². The Morgan fingerprint density at radius 2 is 2.21 bits per heavy atom. The zero-order valence-electron chi connectivity index (χ0n) is 10.5. The van der Waals surface area contributed by atoms with Gasteiger partial charge in [0.2, 0.25) is 11.8 Å². The minimum absolute atomic E-state index is 0.252. The number of hydrogen-bond acceptors (Lipinski definition) is 5. The minimum Gasteiger partial charge on any atom is -0.394 e. The van der Waals surface area contributed by atoms with E-state index >= 15 is 0 Å². The molecule has 2 rings (SSSR count). The molecule has 5 atom stereocenters. The Labute approximate surface area is 109 Å². The fourth-order valence-electron chi connectivity index (χ4n) is 2.63. The monoisotopic (exact) mass is 268 g/mol. The summed E-state index contributed by atoms with van der Waals surface area (Å²) in [6, 6.07) is -0.472. The molecule has 0 radical (unpaired) electrons. The molecule has 104 valence electrons. The molecule has 0 bridgehead atoms. The molecule has 0 aromatic carbocycles. The summed E-state index contributed by atoms with van der Waals surface area (Å²) in [6.45, 7) is 1.49. The van der Waals surface area contributed by atoms with Crippen LogP contribution in [0.1, 0.15) is 19.8 Å². The second-order valence-corrected chi connectivity index (χ2v) is 5.00. The standard InChI is InChI=1S/C11H16N4O4/c1-5-2-6(11(18)13-10(5)17)8-3-7(14-15-12)9(4-16)19-8/h5-9,16H,2-4H2,1H3,(H,13,17,18). The molecule has 2 aliphatic rings. The van der Waals surface area contributed by atoms with Gasteiger partial charge in [-0.3, -0.25) is 14.9 Å². The summed E-state index contributed by atoms with van der Waals surface area (Å²) in [5.41, 5.74) is 8.46. The average Bonchev–Trinajstić information content (AvgIpc) is 2.77. The highest BCUT2D eigenvalue weighted by atomic mass is 16.5. The lowest BCUT2D eigenvalue weighted by molar-refractivity contribution is -0.144. The van der Waals surface area contributed by atoms with Gasteiger partial charge in [0, 0.05) is 10.8 Å². The van der Waals surface area contributed by atoms with Gasteiger partial charge in [-0.05, 0) is 18.4 Å². The number of azide groups is 1. The zero-order valence-corrected chi connectivity index (χ0v) is 10.5. The van der Waals surface area contributed by atoms with Gasteiger partial charge in [-0.15, -0.1) is 0 Å². The van der Waals surface area contributed by atoms with Crippen LogP contribution < -0.4 is 5.32 Å². The number of imide groups is 1. The lowest BCUT2D eigenvalue weighted by atomic mass is 9.85. The van der Waals surface area contributed by atoms with Crippen molar-refractivity contribution >= 4 is 11.8 Å². The predicted molar refractivity (Wildman–Crippen MR) is 63.7 cm³/mol. The van der Waals surface area contributed by atoms with Crippen LogP contribution in [0.4, 0.5) is 0 Å². The van der Waals surface area contributed by atoms with Gasteiger partial charge in [0.15, 0.2) is 0 Å². The number of hydrogen-bond donors (Lipinski definition) is 2. The number of piperidine rings is 1. The van der Waals surface area contributed by atoms with E-state index in [9.17, 15) is 14.7 Å². The summed E-state index contributed by atoms with van der Waals surface area (Å²) in [4.78, 5) is 25.9. The van der Waals surface area contributed by atoms with Crippen molar-refractivity contribution in [2.24, 2.45) is 17.0 Å². The molecule has 8 nitrogen and oxygen atoms in total. The maximum atomic E-state index is 11.8. The summed E-state index contributed by atoms with van der Waals surface area (Å²) in [5, 5.41) is 15.1. The van der Waals surface area contributed by atoms with Crippen LogP contribution in [-0.4, -0.2) is 41.8 Å². The predicted octanol–water partition coefficient (Wildman–Crippen LogP) is 0.114. The fourth-order valence-corrected chi connectivity index (χ4v) is 2.63. The Kier molecular flexibility index (Phi) is 4.04. The van der Waals surface area contributed by atoms with Gasteiger partial charge >= 0.3 is 0 Å². The number of nitrogens with zero attached hydrogens (tertiary/aromatic N) is 3. The van der Waals surface area contributed by atoms with E-state index in [4.69, 9.17) is 10.3 Å². The van der Waals surface area contributed by atoms with Crippen molar-refractivity contribution in [3.8, 4) is 0 Å². The van der Waals surface area contributed by atoms with Crippen molar-refractivity contribution in [1.82, 2.24) is 5.32 Å². The van der Waals surface area contributed by atoms with E-state index in [1.54, 1.807) is 6.92 Å². The van der Waals surface area contributed by atoms with Crippen molar-refractivity contribution in [1.29, 1.82) is 0 Å². The average molecular weight is 268 g/mol. The maximum Gasteiger partial charge on any atom is 0.232 e. The molecule has 0 spiro atoms. The van der Waals surface area contributed by atoms with Crippen LogP contribution in [0.15, 0.2) is 5.11 Å². The molecule has 2 fully saturated rings. The van der Waals surface area contributed by atoms with E-state index in [1.807, 2.05) is 0 Å². The molecule has 5 unspecified atom stereocenters. The SMILES string of the molecule is CC1CC(C2CC(N=[N+]=[N-])C(CO)O2)C(=O)NC1=O. The van der Waals surface area contributed by atoms with Gasteiger partial charge in [-0.1, -0.05) is 12.0 Å². The van der Waals surface area contributed by atoms with Gasteiger partial charge in [0.25, 0.3) is 0 Å². The Morgan fingerprint density at radius 1 is 1.47 bits per heavy atom. The zero-order chi connectivity index (χ0) is 14.0. The Morgan fingerprint density at radius 3 is 2.84 bits per heavy atom. The minimum atomic E-state index is -0.582. The van der Waals surface area contributed by atoms with Crippen LogP contribution in [0, 0.1) is 11.8 Å². The molecule has 2 heterocycles. The van der Waals surface area contributed by atoms with E-state index in [0.717, 1.165) is 0 Å². The summed E-state index contributed by atoms with van der Waals surface area (Å²) >= 11 is 0. The molecule has 0 aromatic heterocycles. The first-order valence-electron chi connectivity index (χ1n) is 6.22. The number of aliphatic hydroxyl groups excluding tert-OH is 1. The Balaban J connectivity index is 2.08. The molecule has 0 saturated carbocycles. The number of ether oxygens (including phenoxy) is 1. The quantitative estimate of drug-likeness (QED) is 0.326. The van der Waals surface area contributed by atoms with Crippen molar-refractivity contribution in [2.45, 2.75) is 38.0 Å². The van der Waals surface area contributed by atoms with Gasteiger partial charge in [-0.25, -0.2) is 0 Å². The molecule has 2 N–H and O–H groups in total. The number of amides is 2. The highest BCUT2D eigenvalue weighted by Crippen LogP contribution is 2.33. The number of rotatable bonds is 3. The van der Waals surface area contributed by atoms with E-state index < -0.39 is 24.2 Å². The summed E-state index contributed by atoms with van der Waals surface area (Å²) in [6.07, 6.45) is -0.213. The summed E-state index contributed by atoms with van der Waals surface area (Å²) < 4.78 is 5.58. The summed E-state index contributed by atoms with van der Waals surface area (Å²) in [5.74, 6) is -1.33. The highest BCUT2D eigenvalue weighted by molar-refractivity contribution is 5.99. The number of nitrogens with one attached hydrogen (secondary N) is 1.